The molecule has 0 bridgehead atoms. The number of amides is 2. The fraction of sp³-hybridized carbons (Fsp3) is 0.227. The third kappa shape index (κ3) is 4.49. The van der Waals surface area contributed by atoms with E-state index in [2.05, 4.69) is 5.32 Å². The molecular formula is C22H21ClN2O6. The molecule has 0 saturated heterocycles. The Bertz CT molecular complexity index is 1050. The van der Waals surface area contributed by atoms with Crippen LogP contribution >= 0.6 is 11.6 Å². The second-order valence-electron chi connectivity index (χ2n) is 6.51. The van der Waals surface area contributed by atoms with Crippen molar-refractivity contribution < 1.29 is 28.6 Å². The molecule has 0 spiro atoms. The van der Waals surface area contributed by atoms with Gasteiger partial charge in [-0.25, -0.2) is 9.69 Å². The van der Waals surface area contributed by atoms with E-state index in [0.717, 1.165) is 11.3 Å². The van der Waals surface area contributed by atoms with E-state index in [-0.39, 0.29) is 22.2 Å². The van der Waals surface area contributed by atoms with Gasteiger partial charge in [-0.05, 0) is 42.8 Å². The van der Waals surface area contributed by atoms with Crippen molar-refractivity contribution >= 4 is 40.8 Å². The van der Waals surface area contributed by atoms with Gasteiger partial charge >= 0.3 is 5.97 Å². The Kier molecular flexibility index (Phi) is 6.81. The van der Waals surface area contributed by atoms with Crippen LogP contribution in [0, 0.1) is 0 Å². The number of carbonyl (C=O) groups excluding carboxylic acids is 3. The van der Waals surface area contributed by atoms with Crippen LogP contribution < -0.4 is 19.7 Å². The molecule has 0 saturated carbocycles. The summed E-state index contributed by atoms with van der Waals surface area (Å²) in [4.78, 5) is 38.5. The summed E-state index contributed by atoms with van der Waals surface area (Å²) in [5.41, 5.74) is 1.01. The van der Waals surface area contributed by atoms with Crippen LogP contribution in [-0.4, -0.2) is 38.6 Å². The molecule has 0 unspecified atom stereocenters. The molecule has 3 rings (SSSR count). The van der Waals surface area contributed by atoms with Crippen molar-refractivity contribution in [3.8, 4) is 11.5 Å². The van der Waals surface area contributed by atoms with E-state index in [0.29, 0.717) is 23.6 Å². The number of esters is 1. The van der Waals surface area contributed by atoms with Gasteiger partial charge in [0.2, 0.25) is 0 Å². The fourth-order valence-electron chi connectivity index (χ4n) is 2.91. The number of anilines is 2. The van der Waals surface area contributed by atoms with Crippen LogP contribution in [0.1, 0.15) is 23.7 Å². The number of hydrogen-bond acceptors (Lipinski definition) is 7. The zero-order valence-corrected chi connectivity index (χ0v) is 18.0. The number of halogens is 1. The molecule has 1 N–H and O–H groups in total. The van der Waals surface area contributed by atoms with Crippen molar-refractivity contribution in [2.75, 3.05) is 31.0 Å². The van der Waals surface area contributed by atoms with Crippen LogP contribution in [0.2, 0.25) is 0 Å². The summed E-state index contributed by atoms with van der Waals surface area (Å²) in [6, 6.07) is 11.0. The van der Waals surface area contributed by atoms with Gasteiger partial charge in [0.15, 0.2) is 0 Å². The molecule has 0 aliphatic carbocycles. The molecule has 0 aromatic heterocycles. The molecule has 162 valence electrons. The standard InChI is InChI=1S/C22H21ClN2O6/c1-4-11-31-22(28)13-5-7-14(8-6-13)24-19-18(23)20(26)25(21(19)27)16-10-9-15(29-2)12-17(16)30-3/h5-10,12,24H,4,11H2,1-3H3. The van der Waals surface area contributed by atoms with E-state index in [1.807, 2.05) is 6.92 Å². The average molecular weight is 445 g/mol. The first-order valence-corrected chi connectivity index (χ1v) is 9.83. The molecule has 0 fully saturated rings. The number of rotatable bonds is 8. The van der Waals surface area contributed by atoms with Crippen molar-refractivity contribution in [2.45, 2.75) is 13.3 Å². The summed E-state index contributed by atoms with van der Waals surface area (Å²) in [5.74, 6) is -0.964. The first-order valence-electron chi connectivity index (χ1n) is 9.46. The largest absolute Gasteiger partial charge is 0.497 e. The number of methoxy groups -OCH3 is 2. The molecule has 2 amide bonds. The zero-order chi connectivity index (χ0) is 22.5. The number of hydrogen-bond donors (Lipinski definition) is 1. The van der Waals surface area contributed by atoms with E-state index in [9.17, 15) is 14.4 Å². The highest BCUT2D eigenvalue weighted by atomic mass is 35.5. The number of nitrogens with one attached hydrogen (secondary N) is 1. The third-order valence-corrected chi connectivity index (χ3v) is 4.83. The monoisotopic (exact) mass is 444 g/mol. The quantitative estimate of drug-likeness (QED) is 0.490. The predicted molar refractivity (Wildman–Crippen MR) is 116 cm³/mol. The van der Waals surface area contributed by atoms with Gasteiger partial charge in [0.25, 0.3) is 11.8 Å². The Morgan fingerprint density at radius 2 is 1.74 bits per heavy atom. The maximum absolute atomic E-state index is 13.0. The Labute approximate surface area is 184 Å². The molecule has 31 heavy (non-hydrogen) atoms. The maximum atomic E-state index is 13.0. The Morgan fingerprint density at radius 3 is 2.35 bits per heavy atom. The lowest BCUT2D eigenvalue weighted by Crippen LogP contribution is -2.32. The van der Waals surface area contributed by atoms with E-state index in [1.54, 1.807) is 36.4 Å². The topological polar surface area (TPSA) is 94.2 Å². The minimum absolute atomic E-state index is 0.0779. The molecule has 0 radical (unpaired) electrons. The number of benzene rings is 2. The number of carbonyl (C=O) groups is 3. The molecule has 2 aromatic carbocycles. The van der Waals surface area contributed by atoms with Crippen molar-refractivity contribution in [2.24, 2.45) is 0 Å². The smallest absolute Gasteiger partial charge is 0.338 e. The highest BCUT2D eigenvalue weighted by Gasteiger charge is 2.40. The highest BCUT2D eigenvalue weighted by molar-refractivity contribution is 6.53. The normalized spacial score (nSPS) is 13.5. The van der Waals surface area contributed by atoms with Crippen LogP contribution in [0.15, 0.2) is 53.2 Å². The lowest BCUT2D eigenvalue weighted by molar-refractivity contribution is -0.120. The van der Waals surface area contributed by atoms with Gasteiger partial charge in [0.05, 0.1) is 32.1 Å². The van der Waals surface area contributed by atoms with E-state index in [4.69, 9.17) is 25.8 Å². The number of nitrogens with zero attached hydrogens (tertiary/aromatic N) is 1. The van der Waals surface area contributed by atoms with Crippen molar-refractivity contribution in [3.05, 3.63) is 58.8 Å². The average Bonchev–Trinajstić information content (AvgIpc) is 3.00. The minimum atomic E-state index is -0.683. The molecule has 1 aliphatic heterocycles. The van der Waals surface area contributed by atoms with Gasteiger partial charge in [0, 0.05) is 11.8 Å². The van der Waals surface area contributed by atoms with Crippen LogP contribution in [0.4, 0.5) is 11.4 Å². The maximum Gasteiger partial charge on any atom is 0.338 e. The van der Waals surface area contributed by atoms with Crippen molar-refractivity contribution in [1.29, 1.82) is 0 Å². The second-order valence-corrected chi connectivity index (χ2v) is 6.89. The summed E-state index contributed by atoms with van der Waals surface area (Å²) < 4.78 is 15.5. The molecule has 1 heterocycles. The van der Waals surface area contributed by atoms with Crippen LogP contribution in [0.25, 0.3) is 0 Å². The van der Waals surface area contributed by atoms with E-state index in [1.165, 1.54) is 20.3 Å². The van der Waals surface area contributed by atoms with Gasteiger partial charge in [-0.15, -0.1) is 0 Å². The summed E-state index contributed by atoms with van der Waals surface area (Å²) >= 11 is 6.18. The molecular weight excluding hydrogens is 424 g/mol. The van der Waals surface area contributed by atoms with E-state index >= 15 is 0 Å². The zero-order valence-electron chi connectivity index (χ0n) is 17.2. The predicted octanol–water partition coefficient (Wildman–Crippen LogP) is 3.71. The first-order chi connectivity index (χ1) is 14.9. The molecule has 0 atom stereocenters. The molecule has 9 heteroatoms. The lowest BCUT2D eigenvalue weighted by atomic mass is 10.2. The van der Waals surface area contributed by atoms with Gasteiger partial charge < -0.3 is 19.5 Å². The van der Waals surface area contributed by atoms with Crippen LogP contribution in [-0.2, 0) is 14.3 Å². The Morgan fingerprint density at radius 1 is 1.03 bits per heavy atom. The summed E-state index contributed by atoms with van der Waals surface area (Å²) in [5, 5.41) is 2.60. The minimum Gasteiger partial charge on any atom is -0.497 e. The van der Waals surface area contributed by atoms with Crippen molar-refractivity contribution in [1.82, 2.24) is 0 Å². The van der Waals surface area contributed by atoms with Gasteiger partial charge in [0.1, 0.15) is 22.2 Å². The van der Waals surface area contributed by atoms with Crippen LogP contribution in [0.5, 0.6) is 11.5 Å². The van der Waals surface area contributed by atoms with Gasteiger partial charge in [-0.2, -0.15) is 0 Å². The lowest BCUT2D eigenvalue weighted by Gasteiger charge is -2.18. The van der Waals surface area contributed by atoms with Gasteiger partial charge in [-0.1, -0.05) is 18.5 Å². The number of imide groups is 1. The highest BCUT2D eigenvalue weighted by Crippen LogP contribution is 2.37. The third-order valence-electron chi connectivity index (χ3n) is 4.48. The summed E-state index contributed by atoms with van der Waals surface area (Å²) in [6.07, 6.45) is 0.726. The molecule has 1 aliphatic rings. The Hall–Kier alpha value is -3.52. The summed E-state index contributed by atoms with van der Waals surface area (Å²) in [7, 11) is 2.92. The Balaban J connectivity index is 1.82. The number of ether oxygens (including phenoxy) is 3. The fourth-order valence-corrected chi connectivity index (χ4v) is 3.12. The molecule has 2 aromatic rings. The van der Waals surface area contributed by atoms with Gasteiger partial charge in [-0.3, -0.25) is 9.59 Å². The summed E-state index contributed by atoms with van der Waals surface area (Å²) in [6.45, 7) is 2.24. The first kappa shape index (κ1) is 22.2. The SMILES string of the molecule is CCCOC(=O)c1ccc(NC2=C(Cl)C(=O)N(c3ccc(OC)cc3OC)C2=O)cc1. The second kappa shape index (κ2) is 9.53. The molecule has 8 nitrogen and oxygen atoms in total. The van der Waals surface area contributed by atoms with Crippen molar-refractivity contribution in [3.63, 3.8) is 0 Å². The van der Waals surface area contributed by atoms with Crippen LogP contribution in [0.3, 0.4) is 0 Å². The van der Waals surface area contributed by atoms with E-state index < -0.39 is 17.8 Å².